The van der Waals surface area contributed by atoms with Crippen molar-refractivity contribution in [2.45, 2.75) is 0 Å². The number of nitrogens with zero attached hydrogens (tertiary/aromatic N) is 2. The molecule has 0 bridgehead atoms. The van der Waals surface area contributed by atoms with Crippen LogP contribution in [0.3, 0.4) is 0 Å². The number of aromatic nitrogens is 2. The van der Waals surface area contributed by atoms with Crippen molar-refractivity contribution in [1.29, 1.82) is 5.26 Å². The normalized spacial score (nSPS) is 10.2. The van der Waals surface area contributed by atoms with Crippen LogP contribution < -0.4 is 5.32 Å². The molecule has 0 aliphatic heterocycles. The standard InChI is InChI=1S/C14H10N4/c15-8-10-9-16-6-5-12(10)18-14-3-1-2-13-11(14)4-7-17-13/h1-7,9,17H,(H,16,18). The largest absolute Gasteiger partial charge is 0.361 e. The second-order valence-corrected chi connectivity index (χ2v) is 3.90. The maximum absolute atomic E-state index is 9.03. The zero-order chi connectivity index (χ0) is 12.4. The molecular weight excluding hydrogens is 224 g/mol. The third-order valence-corrected chi connectivity index (χ3v) is 2.81. The molecule has 0 saturated carbocycles. The highest BCUT2D eigenvalue weighted by Gasteiger charge is 2.05. The highest BCUT2D eigenvalue weighted by Crippen LogP contribution is 2.26. The fraction of sp³-hybridized carbons (Fsp3) is 0. The summed E-state index contributed by atoms with van der Waals surface area (Å²) in [6, 6.07) is 11.9. The molecule has 0 aliphatic rings. The number of hydrogen-bond acceptors (Lipinski definition) is 3. The first-order valence-electron chi connectivity index (χ1n) is 5.56. The summed E-state index contributed by atoms with van der Waals surface area (Å²) in [4.78, 5) is 7.10. The molecule has 0 spiro atoms. The number of H-pyrrole nitrogens is 1. The minimum atomic E-state index is 0.532. The van der Waals surface area contributed by atoms with Gasteiger partial charge in [-0.05, 0) is 24.3 Å². The van der Waals surface area contributed by atoms with E-state index in [4.69, 9.17) is 5.26 Å². The van der Waals surface area contributed by atoms with Crippen LogP contribution in [0.15, 0.2) is 48.9 Å². The summed E-state index contributed by atoms with van der Waals surface area (Å²) in [5.74, 6) is 0. The van der Waals surface area contributed by atoms with Crippen molar-refractivity contribution in [3.8, 4) is 6.07 Å². The van der Waals surface area contributed by atoms with E-state index in [1.165, 1.54) is 0 Å². The van der Waals surface area contributed by atoms with Gasteiger partial charge in [0, 0.05) is 35.2 Å². The zero-order valence-corrected chi connectivity index (χ0v) is 9.51. The number of benzene rings is 1. The summed E-state index contributed by atoms with van der Waals surface area (Å²) in [7, 11) is 0. The first-order chi connectivity index (χ1) is 8.88. The van der Waals surface area contributed by atoms with E-state index in [9.17, 15) is 0 Å². The molecule has 3 rings (SSSR count). The molecule has 2 N–H and O–H groups in total. The molecule has 0 amide bonds. The average molecular weight is 234 g/mol. The van der Waals surface area contributed by atoms with Crippen LogP contribution in [0.4, 0.5) is 11.4 Å². The van der Waals surface area contributed by atoms with Gasteiger partial charge >= 0.3 is 0 Å². The van der Waals surface area contributed by atoms with Gasteiger partial charge in [0.1, 0.15) is 6.07 Å². The van der Waals surface area contributed by atoms with Crippen molar-refractivity contribution in [3.63, 3.8) is 0 Å². The van der Waals surface area contributed by atoms with E-state index in [1.807, 2.05) is 30.5 Å². The van der Waals surface area contributed by atoms with Crippen LogP contribution >= 0.6 is 0 Å². The van der Waals surface area contributed by atoms with E-state index in [-0.39, 0.29) is 0 Å². The quantitative estimate of drug-likeness (QED) is 0.715. The number of rotatable bonds is 2. The molecule has 4 heteroatoms. The smallest absolute Gasteiger partial charge is 0.103 e. The lowest BCUT2D eigenvalue weighted by Gasteiger charge is -2.08. The van der Waals surface area contributed by atoms with E-state index < -0.39 is 0 Å². The van der Waals surface area contributed by atoms with Gasteiger partial charge in [0.2, 0.25) is 0 Å². The second-order valence-electron chi connectivity index (χ2n) is 3.90. The van der Waals surface area contributed by atoms with Crippen molar-refractivity contribution in [3.05, 3.63) is 54.5 Å². The van der Waals surface area contributed by atoms with Crippen molar-refractivity contribution < 1.29 is 0 Å². The Morgan fingerprint density at radius 2 is 2.11 bits per heavy atom. The van der Waals surface area contributed by atoms with E-state index in [0.717, 1.165) is 22.3 Å². The molecule has 18 heavy (non-hydrogen) atoms. The molecular formula is C14H10N4. The molecule has 2 heterocycles. The maximum atomic E-state index is 9.03. The van der Waals surface area contributed by atoms with Crippen molar-refractivity contribution in [1.82, 2.24) is 9.97 Å². The molecule has 0 radical (unpaired) electrons. The molecule has 2 aromatic heterocycles. The Morgan fingerprint density at radius 3 is 3.00 bits per heavy atom. The topological polar surface area (TPSA) is 64.5 Å². The summed E-state index contributed by atoms with van der Waals surface area (Å²) in [6.45, 7) is 0. The first-order valence-corrected chi connectivity index (χ1v) is 5.56. The van der Waals surface area contributed by atoms with Gasteiger partial charge in [-0.15, -0.1) is 0 Å². The van der Waals surface area contributed by atoms with E-state index >= 15 is 0 Å². The number of fused-ring (bicyclic) bond motifs is 1. The Labute approximate surface area is 104 Å². The zero-order valence-electron chi connectivity index (χ0n) is 9.51. The fourth-order valence-corrected chi connectivity index (χ4v) is 1.93. The van der Waals surface area contributed by atoms with Gasteiger partial charge in [0.05, 0.1) is 11.3 Å². The first kappa shape index (κ1) is 10.4. The van der Waals surface area contributed by atoms with E-state index in [2.05, 4.69) is 21.4 Å². The minimum Gasteiger partial charge on any atom is -0.361 e. The van der Waals surface area contributed by atoms with Gasteiger partial charge < -0.3 is 10.3 Å². The van der Waals surface area contributed by atoms with Crippen LogP contribution in [0.2, 0.25) is 0 Å². The Morgan fingerprint density at radius 1 is 1.17 bits per heavy atom. The van der Waals surface area contributed by atoms with Crippen LogP contribution in [-0.2, 0) is 0 Å². The summed E-state index contributed by atoms with van der Waals surface area (Å²) >= 11 is 0. The van der Waals surface area contributed by atoms with Crippen LogP contribution in [0.5, 0.6) is 0 Å². The third kappa shape index (κ3) is 1.68. The Kier molecular flexibility index (Phi) is 2.43. The van der Waals surface area contributed by atoms with Gasteiger partial charge in [-0.25, -0.2) is 0 Å². The molecule has 0 fully saturated rings. The Balaban J connectivity index is 2.07. The fourth-order valence-electron chi connectivity index (χ4n) is 1.93. The molecule has 3 aromatic rings. The lowest BCUT2D eigenvalue weighted by molar-refractivity contribution is 1.30. The van der Waals surface area contributed by atoms with Gasteiger partial charge in [0.15, 0.2) is 0 Å². The molecule has 0 saturated heterocycles. The Bertz CT molecular complexity index is 737. The lowest BCUT2D eigenvalue weighted by atomic mass is 10.2. The van der Waals surface area contributed by atoms with Gasteiger partial charge in [-0.1, -0.05) is 6.07 Å². The molecule has 0 unspecified atom stereocenters. The number of nitrogens with one attached hydrogen (secondary N) is 2. The number of anilines is 2. The predicted molar refractivity (Wildman–Crippen MR) is 70.5 cm³/mol. The monoisotopic (exact) mass is 234 g/mol. The maximum Gasteiger partial charge on any atom is 0.103 e. The number of aromatic amines is 1. The third-order valence-electron chi connectivity index (χ3n) is 2.81. The predicted octanol–water partition coefficient (Wildman–Crippen LogP) is 3.18. The minimum absolute atomic E-state index is 0.532. The molecule has 0 atom stereocenters. The van der Waals surface area contributed by atoms with Crippen molar-refractivity contribution in [2.24, 2.45) is 0 Å². The summed E-state index contributed by atoms with van der Waals surface area (Å²) < 4.78 is 0. The second kappa shape index (κ2) is 4.22. The van der Waals surface area contributed by atoms with Gasteiger partial charge in [-0.2, -0.15) is 5.26 Å². The molecule has 86 valence electrons. The van der Waals surface area contributed by atoms with Gasteiger partial charge in [0.25, 0.3) is 0 Å². The van der Waals surface area contributed by atoms with Crippen molar-refractivity contribution >= 4 is 22.3 Å². The number of pyridine rings is 1. The highest BCUT2D eigenvalue weighted by molar-refractivity contribution is 5.93. The Hall–Kier alpha value is -2.80. The van der Waals surface area contributed by atoms with E-state index in [1.54, 1.807) is 18.5 Å². The van der Waals surface area contributed by atoms with Crippen LogP contribution in [0, 0.1) is 11.3 Å². The summed E-state index contributed by atoms with van der Waals surface area (Å²) in [5.41, 5.74) is 3.33. The summed E-state index contributed by atoms with van der Waals surface area (Å²) in [5, 5.41) is 13.4. The SMILES string of the molecule is N#Cc1cnccc1Nc1cccc2[nH]ccc12. The van der Waals surface area contributed by atoms with Gasteiger partial charge in [-0.3, -0.25) is 4.98 Å². The summed E-state index contributed by atoms with van der Waals surface area (Å²) in [6.07, 6.45) is 5.12. The molecule has 4 nitrogen and oxygen atoms in total. The highest BCUT2D eigenvalue weighted by atomic mass is 14.9. The van der Waals surface area contributed by atoms with Crippen LogP contribution in [0.25, 0.3) is 10.9 Å². The number of nitriles is 1. The molecule has 1 aromatic carbocycles. The van der Waals surface area contributed by atoms with E-state index in [0.29, 0.717) is 5.56 Å². The van der Waals surface area contributed by atoms with Crippen LogP contribution in [-0.4, -0.2) is 9.97 Å². The average Bonchev–Trinajstić information content (AvgIpc) is 2.89. The molecule has 0 aliphatic carbocycles. The lowest BCUT2D eigenvalue weighted by Crippen LogP contribution is -1.94. The number of hydrogen-bond donors (Lipinski definition) is 2. The van der Waals surface area contributed by atoms with Crippen molar-refractivity contribution in [2.75, 3.05) is 5.32 Å². The van der Waals surface area contributed by atoms with Crippen LogP contribution in [0.1, 0.15) is 5.56 Å².